The van der Waals surface area contributed by atoms with Gasteiger partial charge in [-0.25, -0.2) is 4.39 Å². The molecule has 1 aromatic rings. The van der Waals surface area contributed by atoms with Crippen molar-refractivity contribution in [3.05, 3.63) is 28.0 Å². The fourth-order valence-corrected chi connectivity index (χ4v) is 2.10. The number of anilines is 1. The summed E-state index contributed by atoms with van der Waals surface area (Å²) in [5.41, 5.74) is 0.335. The molecule has 1 aromatic carbocycles. The van der Waals surface area contributed by atoms with Crippen molar-refractivity contribution in [2.24, 2.45) is 5.16 Å². The van der Waals surface area contributed by atoms with Crippen molar-refractivity contribution < 1.29 is 23.9 Å². The van der Waals surface area contributed by atoms with Gasteiger partial charge in [-0.05, 0) is 18.6 Å². The zero-order valence-corrected chi connectivity index (χ0v) is 11.7. The average molecular weight is 345 g/mol. The van der Waals surface area contributed by atoms with Gasteiger partial charge in [0, 0.05) is 16.5 Å². The minimum absolute atomic E-state index is 0.0319. The van der Waals surface area contributed by atoms with Crippen LogP contribution in [0.15, 0.2) is 21.8 Å². The zero-order valence-electron chi connectivity index (χ0n) is 10.2. The number of aliphatic carboxylic acids is 1. The summed E-state index contributed by atoms with van der Waals surface area (Å²) in [6.45, 7) is 0.0644. The van der Waals surface area contributed by atoms with Crippen molar-refractivity contribution >= 4 is 39.2 Å². The number of benzene rings is 1. The Hall–Kier alpha value is -1.96. The highest BCUT2D eigenvalue weighted by Gasteiger charge is 2.29. The first kappa shape index (κ1) is 14.4. The van der Waals surface area contributed by atoms with Gasteiger partial charge in [0.05, 0.1) is 5.69 Å². The van der Waals surface area contributed by atoms with Crippen LogP contribution in [-0.4, -0.2) is 29.3 Å². The van der Waals surface area contributed by atoms with Crippen molar-refractivity contribution in [2.75, 3.05) is 11.9 Å². The molecule has 0 fully saturated rings. The van der Waals surface area contributed by atoms with E-state index in [1.54, 1.807) is 6.07 Å². The van der Waals surface area contributed by atoms with Gasteiger partial charge in [0.15, 0.2) is 5.71 Å². The fraction of sp³-hybridized carbons (Fsp3) is 0.250. The SMILES string of the molecule is O=C(O)CCCON=C1C(=O)Nc2c(F)cc(Br)cc21. The van der Waals surface area contributed by atoms with Gasteiger partial charge in [0.2, 0.25) is 0 Å². The van der Waals surface area contributed by atoms with Crippen LogP contribution in [0.1, 0.15) is 18.4 Å². The maximum absolute atomic E-state index is 13.6. The van der Waals surface area contributed by atoms with Crippen molar-refractivity contribution in [1.29, 1.82) is 0 Å². The Morgan fingerprint density at radius 1 is 1.50 bits per heavy atom. The monoisotopic (exact) mass is 344 g/mol. The van der Waals surface area contributed by atoms with E-state index in [0.29, 0.717) is 10.0 Å². The fourth-order valence-electron chi connectivity index (χ4n) is 1.67. The molecular formula is C12H10BrFN2O4. The first-order valence-corrected chi connectivity index (χ1v) is 6.51. The Morgan fingerprint density at radius 2 is 2.25 bits per heavy atom. The molecule has 0 radical (unpaired) electrons. The van der Waals surface area contributed by atoms with Crippen LogP contribution in [0.25, 0.3) is 0 Å². The number of oxime groups is 1. The van der Waals surface area contributed by atoms with Crippen LogP contribution >= 0.6 is 15.9 Å². The van der Waals surface area contributed by atoms with E-state index in [2.05, 4.69) is 26.4 Å². The number of hydrogen-bond acceptors (Lipinski definition) is 4. The Kier molecular flexibility index (Phi) is 4.33. The van der Waals surface area contributed by atoms with Crippen LogP contribution in [0.5, 0.6) is 0 Å². The predicted molar refractivity (Wildman–Crippen MR) is 72.1 cm³/mol. The normalized spacial score (nSPS) is 15.1. The predicted octanol–water partition coefficient (Wildman–Crippen LogP) is 2.13. The highest BCUT2D eigenvalue weighted by Crippen LogP contribution is 2.30. The molecule has 2 rings (SSSR count). The molecule has 1 aliphatic rings. The molecule has 1 aliphatic heterocycles. The van der Waals surface area contributed by atoms with Crippen LogP contribution < -0.4 is 5.32 Å². The van der Waals surface area contributed by atoms with Gasteiger partial charge < -0.3 is 15.3 Å². The van der Waals surface area contributed by atoms with Gasteiger partial charge in [0.25, 0.3) is 5.91 Å². The molecular weight excluding hydrogens is 335 g/mol. The topological polar surface area (TPSA) is 88.0 Å². The van der Waals surface area contributed by atoms with Gasteiger partial charge in [-0.15, -0.1) is 0 Å². The Morgan fingerprint density at radius 3 is 2.95 bits per heavy atom. The quantitative estimate of drug-likeness (QED) is 0.632. The maximum atomic E-state index is 13.6. The van der Waals surface area contributed by atoms with Crippen LogP contribution in [-0.2, 0) is 14.4 Å². The number of amides is 1. The van der Waals surface area contributed by atoms with Crippen molar-refractivity contribution in [1.82, 2.24) is 0 Å². The summed E-state index contributed by atoms with van der Waals surface area (Å²) in [4.78, 5) is 26.9. The third kappa shape index (κ3) is 3.13. The van der Waals surface area contributed by atoms with E-state index in [9.17, 15) is 14.0 Å². The Bertz CT molecular complexity index is 603. The third-order valence-corrected chi connectivity index (χ3v) is 3.00. The smallest absolute Gasteiger partial charge is 0.303 e. The maximum Gasteiger partial charge on any atom is 0.303 e. The summed E-state index contributed by atoms with van der Waals surface area (Å²) >= 11 is 3.13. The number of nitrogens with zero attached hydrogens (tertiary/aromatic N) is 1. The summed E-state index contributed by atoms with van der Waals surface area (Å²) in [5.74, 6) is -2.06. The molecule has 0 unspecified atom stereocenters. The van der Waals surface area contributed by atoms with Gasteiger partial charge in [0.1, 0.15) is 12.4 Å². The van der Waals surface area contributed by atoms with E-state index in [-0.39, 0.29) is 30.8 Å². The number of halogens is 2. The van der Waals surface area contributed by atoms with E-state index in [1.165, 1.54) is 6.07 Å². The average Bonchev–Trinajstić information content (AvgIpc) is 2.66. The molecule has 0 aliphatic carbocycles. The highest BCUT2D eigenvalue weighted by atomic mass is 79.9. The lowest BCUT2D eigenvalue weighted by atomic mass is 10.1. The molecule has 8 heteroatoms. The lowest BCUT2D eigenvalue weighted by Gasteiger charge is -2.01. The van der Waals surface area contributed by atoms with Crippen LogP contribution in [0.2, 0.25) is 0 Å². The number of nitrogens with one attached hydrogen (secondary N) is 1. The molecule has 0 bridgehead atoms. The lowest BCUT2D eigenvalue weighted by molar-refractivity contribution is -0.137. The molecule has 0 atom stereocenters. The number of carboxylic acid groups (broad SMARTS) is 1. The van der Waals surface area contributed by atoms with Gasteiger partial charge in [-0.2, -0.15) is 0 Å². The number of fused-ring (bicyclic) bond motifs is 1. The van der Waals surface area contributed by atoms with E-state index < -0.39 is 17.7 Å². The van der Waals surface area contributed by atoms with Crippen LogP contribution in [0, 0.1) is 5.82 Å². The minimum atomic E-state index is -0.934. The van der Waals surface area contributed by atoms with Gasteiger partial charge in [-0.3, -0.25) is 9.59 Å². The van der Waals surface area contributed by atoms with E-state index in [1.807, 2.05) is 0 Å². The van der Waals surface area contributed by atoms with E-state index >= 15 is 0 Å². The van der Waals surface area contributed by atoms with Gasteiger partial charge in [-0.1, -0.05) is 21.1 Å². The van der Waals surface area contributed by atoms with E-state index in [4.69, 9.17) is 9.94 Å². The van der Waals surface area contributed by atoms with Crippen molar-refractivity contribution in [3.63, 3.8) is 0 Å². The lowest BCUT2D eigenvalue weighted by Crippen LogP contribution is -2.15. The number of carbonyl (C=O) groups excluding carboxylic acids is 1. The number of rotatable bonds is 5. The third-order valence-electron chi connectivity index (χ3n) is 2.55. The van der Waals surface area contributed by atoms with Crippen molar-refractivity contribution in [3.8, 4) is 0 Å². The number of hydrogen-bond donors (Lipinski definition) is 2. The van der Waals surface area contributed by atoms with Crippen LogP contribution in [0.4, 0.5) is 10.1 Å². The van der Waals surface area contributed by atoms with Gasteiger partial charge >= 0.3 is 5.97 Å². The molecule has 20 heavy (non-hydrogen) atoms. The second-order valence-corrected chi connectivity index (χ2v) is 4.95. The van der Waals surface area contributed by atoms with E-state index in [0.717, 1.165) is 0 Å². The zero-order chi connectivity index (χ0) is 14.7. The Labute approximate surface area is 121 Å². The van der Waals surface area contributed by atoms with Crippen molar-refractivity contribution in [2.45, 2.75) is 12.8 Å². The molecule has 0 saturated heterocycles. The Balaban J connectivity index is 2.10. The molecule has 0 saturated carbocycles. The summed E-state index contributed by atoms with van der Waals surface area (Å²) in [6.07, 6.45) is 0.223. The molecule has 6 nitrogen and oxygen atoms in total. The minimum Gasteiger partial charge on any atom is -0.481 e. The first-order valence-electron chi connectivity index (χ1n) is 5.71. The molecule has 1 heterocycles. The second kappa shape index (κ2) is 6.00. The summed E-state index contributed by atoms with van der Waals surface area (Å²) < 4.78 is 14.1. The molecule has 106 valence electrons. The largest absolute Gasteiger partial charge is 0.481 e. The molecule has 1 amide bonds. The summed E-state index contributed by atoms with van der Waals surface area (Å²) in [7, 11) is 0. The second-order valence-electron chi connectivity index (χ2n) is 4.03. The summed E-state index contributed by atoms with van der Waals surface area (Å²) in [5, 5.41) is 14.5. The molecule has 0 spiro atoms. The first-order chi connectivity index (χ1) is 9.49. The number of carbonyl (C=O) groups is 2. The number of carboxylic acids is 1. The van der Waals surface area contributed by atoms with Crippen LogP contribution in [0.3, 0.4) is 0 Å². The highest BCUT2D eigenvalue weighted by molar-refractivity contribution is 9.10. The molecule has 0 aromatic heterocycles. The standard InChI is InChI=1S/C12H10BrFN2O4/c13-6-4-7-10(8(14)5-6)15-12(19)11(7)16-20-3-1-2-9(17)18/h4-5H,1-3H2,(H,17,18)(H,15,16,19). The summed E-state index contributed by atoms with van der Waals surface area (Å²) in [6, 6.07) is 2.78. The molecule has 2 N–H and O–H groups in total.